The van der Waals surface area contributed by atoms with E-state index in [1.54, 1.807) is 0 Å². The Kier molecular flexibility index (Phi) is 7.08. The van der Waals surface area contributed by atoms with Crippen molar-refractivity contribution in [1.29, 1.82) is 0 Å². The maximum absolute atomic E-state index is 12.6. The van der Waals surface area contributed by atoms with E-state index in [9.17, 15) is 9.00 Å². The van der Waals surface area contributed by atoms with Gasteiger partial charge in [-0.05, 0) is 49.3 Å². The van der Waals surface area contributed by atoms with Gasteiger partial charge in [0, 0.05) is 31.3 Å². The molecule has 0 amide bonds. The minimum atomic E-state index is -1.02. The van der Waals surface area contributed by atoms with Crippen LogP contribution in [0.2, 0.25) is 0 Å². The summed E-state index contributed by atoms with van der Waals surface area (Å²) in [6.07, 6.45) is 4.74. The summed E-state index contributed by atoms with van der Waals surface area (Å²) in [4.78, 5) is 24.4. The van der Waals surface area contributed by atoms with Crippen molar-refractivity contribution in [1.82, 2.24) is 9.97 Å². The third-order valence-electron chi connectivity index (χ3n) is 6.58. The van der Waals surface area contributed by atoms with E-state index >= 15 is 0 Å². The Balaban J connectivity index is 1.48. The van der Waals surface area contributed by atoms with Crippen LogP contribution in [0.15, 0.2) is 29.2 Å². The zero-order valence-electron chi connectivity index (χ0n) is 19.1. The van der Waals surface area contributed by atoms with Crippen molar-refractivity contribution >= 4 is 28.5 Å². The molecule has 4 rings (SSSR count). The number of aromatic nitrogens is 2. The topological polar surface area (TPSA) is 84.4 Å². The SMILES string of the molecule is CCC(CC)Nc1nc(N2CCC(c3ccc(C(=O)OC)cc3)CC2)nc2c1S(=O)CC2. The number of esters is 1. The van der Waals surface area contributed by atoms with Crippen LogP contribution in [0.5, 0.6) is 0 Å². The number of carbonyl (C=O) groups excluding carboxylic acids is 1. The summed E-state index contributed by atoms with van der Waals surface area (Å²) in [5, 5.41) is 3.53. The molecule has 2 aliphatic rings. The van der Waals surface area contributed by atoms with Crippen LogP contribution in [0, 0.1) is 0 Å². The largest absolute Gasteiger partial charge is 0.465 e. The summed E-state index contributed by atoms with van der Waals surface area (Å²) in [7, 11) is 0.380. The smallest absolute Gasteiger partial charge is 0.337 e. The third-order valence-corrected chi connectivity index (χ3v) is 8.04. The van der Waals surface area contributed by atoms with Crippen molar-refractivity contribution < 1.29 is 13.7 Å². The van der Waals surface area contributed by atoms with Crippen LogP contribution < -0.4 is 10.2 Å². The molecular formula is C24H32N4O3S. The number of ether oxygens (including phenoxy) is 1. The van der Waals surface area contributed by atoms with Gasteiger partial charge in [-0.2, -0.15) is 4.98 Å². The Bertz CT molecular complexity index is 983. The predicted molar refractivity (Wildman–Crippen MR) is 127 cm³/mol. The molecule has 8 heteroatoms. The van der Waals surface area contributed by atoms with E-state index < -0.39 is 10.8 Å². The summed E-state index contributed by atoms with van der Waals surface area (Å²) >= 11 is 0. The maximum atomic E-state index is 12.6. The molecule has 1 aromatic heterocycles. The van der Waals surface area contributed by atoms with E-state index in [0.29, 0.717) is 23.3 Å². The Labute approximate surface area is 192 Å². The third kappa shape index (κ3) is 4.65. The van der Waals surface area contributed by atoms with Crippen LogP contribution in [0.3, 0.4) is 0 Å². The zero-order valence-corrected chi connectivity index (χ0v) is 19.9. The van der Waals surface area contributed by atoms with Gasteiger partial charge in [0.25, 0.3) is 0 Å². The number of nitrogens with one attached hydrogen (secondary N) is 1. The van der Waals surface area contributed by atoms with E-state index in [0.717, 1.165) is 67.5 Å². The normalized spacial score (nSPS) is 18.6. The Hall–Kier alpha value is -2.48. The Morgan fingerprint density at radius 3 is 2.50 bits per heavy atom. The van der Waals surface area contributed by atoms with Gasteiger partial charge in [0.1, 0.15) is 10.7 Å². The molecule has 1 N–H and O–H groups in total. The van der Waals surface area contributed by atoms with Crippen molar-refractivity contribution in [2.24, 2.45) is 0 Å². The molecule has 7 nitrogen and oxygen atoms in total. The molecule has 1 fully saturated rings. The fraction of sp³-hybridized carbons (Fsp3) is 0.542. The number of anilines is 2. The molecule has 0 saturated carbocycles. The molecule has 1 saturated heterocycles. The first-order chi connectivity index (χ1) is 15.5. The Morgan fingerprint density at radius 1 is 1.19 bits per heavy atom. The van der Waals surface area contributed by atoms with Gasteiger partial charge in [0.05, 0.1) is 29.2 Å². The second-order valence-electron chi connectivity index (χ2n) is 8.48. The first-order valence-electron chi connectivity index (χ1n) is 11.5. The Morgan fingerprint density at radius 2 is 1.88 bits per heavy atom. The number of benzene rings is 1. The highest BCUT2D eigenvalue weighted by Gasteiger charge is 2.29. The van der Waals surface area contributed by atoms with E-state index in [-0.39, 0.29) is 5.97 Å². The number of fused-ring (bicyclic) bond motifs is 1. The number of hydrogen-bond donors (Lipinski definition) is 1. The van der Waals surface area contributed by atoms with Gasteiger partial charge in [-0.15, -0.1) is 0 Å². The fourth-order valence-corrected chi connectivity index (χ4v) is 5.85. The van der Waals surface area contributed by atoms with Crippen molar-refractivity contribution in [2.75, 3.05) is 36.2 Å². The van der Waals surface area contributed by atoms with Crippen LogP contribution >= 0.6 is 0 Å². The number of carbonyl (C=O) groups is 1. The lowest BCUT2D eigenvalue weighted by Crippen LogP contribution is -2.34. The predicted octanol–water partition coefficient (Wildman–Crippen LogP) is 3.91. The quantitative estimate of drug-likeness (QED) is 0.632. The molecule has 0 aliphatic carbocycles. The minimum absolute atomic E-state index is 0.307. The van der Waals surface area contributed by atoms with Gasteiger partial charge in [-0.3, -0.25) is 4.21 Å². The fourth-order valence-electron chi connectivity index (χ4n) is 4.53. The van der Waals surface area contributed by atoms with Crippen LogP contribution in [0.1, 0.15) is 67.1 Å². The van der Waals surface area contributed by atoms with E-state index in [4.69, 9.17) is 14.7 Å². The summed E-state index contributed by atoms with van der Waals surface area (Å²) in [6.45, 7) is 6.05. The zero-order chi connectivity index (χ0) is 22.7. The van der Waals surface area contributed by atoms with Gasteiger partial charge >= 0.3 is 5.97 Å². The summed E-state index contributed by atoms with van der Waals surface area (Å²) in [5.74, 6) is 2.28. The second kappa shape index (κ2) is 9.98. The molecule has 1 unspecified atom stereocenters. The first-order valence-corrected chi connectivity index (χ1v) is 12.8. The molecule has 3 heterocycles. The van der Waals surface area contributed by atoms with Crippen molar-refractivity contribution in [2.45, 2.75) is 62.8 Å². The molecule has 2 aromatic rings. The van der Waals surface area contributed by atoms with E-state index in [2.05, 4.69) is 24.1 Å². The molecule has 0 bridgehead atoms. The van der Waals surface area contributed by atoms with Crippen LogP contribution in [-0.4, -0.2) is 52.1 Å². The van der Waals surface area contributed by atoms with Gasteiger partial charge in [-0.1, -0.05) is 26.0 Å². The number of methoxy groups -OCH3 is 1. The lowest BCUT2D eigenvalue weighted by atomic mass is 9.89. The molecule has 0 spiro atoms. The van der Waals surface area contributed by atoms with Crippen molar-refractivity contribution in [3.63, 3.8) is 0 Å². The highest BCUT2D eigenvalue weighted by atomic mass is 32.2. The molecule has 172 valence electrons. The molecule has 32 heavy (non-hydrogen) atoms. The molecule has 0 radical (unpaired) electrons. The molecule has 2 aliphatic heterocycles. The molecule has 1 atom stereocenters. The van der Waals surface area contributed by atoms with Gasteiger partial charge in [0.2, 0.25) is 5.95 Å². The van der Waals surface area contributed by atoms with E-state index in [1.807, 2.05) is 24.3 Å². The number of nitrogens with zero attached hydrogens (tertiary/aromatic N) is 3. The standard InChI is InChI=1S/C24H32N4O3S/c1-4-19(5-2)25-22-21-20(12-15-32(21)30)26-24(27-22)28-13-10-17(11-14-28)16-6-8-18(9-7-16)23(29)31-3/h6-9,17,19H,4-5,10-15H2,1-3H3,(H,25,26,27). The summed E-state index contributed by atoms with van der Waals surface area (Å²) in [5.41, 5.74) is 2.76. The molecular weight excluding hydrogens is 424 g/mol. The number of piperidine rings is 1. The number of hydrogen-bond acceptors (Lipinski definition) is 7. The first kappa shape index (κ1) is 22.7. The van der Waals surface area contributed by atoms with Crippen molar-refractivity contribution in [3.05, 3.63) is 41.1 Å². The lowest BCUT2D eigenvalue weighted by molar-refractivity contribution is 0.0600. The van der Waals surface area contributed by atoms with Crippen molar-refractivity contribution in [3.8, 4) is 0 Å². The number of aryl methyl sites for hydroxylation is 1. The number of rotatable bonds is 7. The monoisotopic (exact) mass is 456 g/mol. The van der Waals surface area contributed by atoms with Gasteiger partial charge < -0.3 is 15.0 Å². The highest BCUT2D eigenvalue weighted by Crippen LogP contribution is 2.34. The second-order valence-corrected chi connectivity index (χ2v) is 9.99. The average Bonchev–Trinajstić information content (AvgIpc) is 3.23. The highest BCUT2D eigenvalue weighted by molar-refractivity contribution is 7.85. The van der Waals surface area contributed by atoms with Crippen LogP contribution in [0.4, 0.5) is 11.8 Å². The lowest BCUT2D eigenvalue weighted by Gasteiger charge is -2.33. The van der Waals surface area contributed by atoms with Gasteiger partial charge in [-0.25, -0.2) is 9.78 Å². The average molecular weight is 457 g/mol. The van der Waals surface area contributed by atoms with Crippen LogP contribution in [0.25, 0.3) is 0 Å². The van der Waals surface area contributed by atoms with Gasteiger partial charge in [0.15, 0.2) is 0 Å². The molecule has 1 aromatic carbocycles. The maximum Gasteiger partial charge on any atom is 0.337 e. The van der Waals surface area contributed by atoms with E-state index in [1.165, 1.54) is 12.7 Å². The minimum Gasteiger partial charge on any atom is -0.465 e. The van der Waals surface area contributed by atoms with Crippen LogP contribution in [-0.2, 0) is 22.0 Å². The summed E-state index contributed by atoms with van der Waals surface area (Å²) in [6, 6.07) is 8.06. The summed E-state index contributed by atoms with van der Waals surface area (Å²) < 4.78 is 17.4.